The molecular formula is C60H94O6. The Morgan fingerprint density at radius 1 is 0.318 bits per heavy atom. The standard InChI is InChI=1S/C60H94O6/c1-4-7-10-13-16-19-22-25-27-29-30-31-33-35-38-41-44-47-50-53-59(62)65-56-57(55-64-58(61)52-49-46-43-40-37-34-24-21-18-15-12-9-6-3)66-60(63)54-51-48-45-42-39-36-32-28-26-23-20-17-14-11-8-5-2/h7-12,15-21,24-28,30-31,36,39,57H,4-6,13-14,22-23,29,32-35,37-38,40-56H2,1-3H3/b10-7-,11-8-,12-9-,18-15-,19-16-,20-17-,24-21-,27-25-,28-26-,31-30-,39-36-. The van der Waals surface area contributed by atoms with Crippen molar-refractivity contribution in [3.05, 3.63) is 134 Å². The fourth-order valence-electron chi connectivity index (χ4n) is 6.60. The second-order valence-electron chi connectivity index (χ2n) is 16.7. The zero-order valence-electron chi connectivity index (χ0n) is 42.1. The molecule has 1 atom stereocenters. The molecule has 0 aliphatic rings. The first kappa shape index (κ1) is 61.5. The van der Waals surface area contributed by atoms with Gasteiger partial charge in [0.2, 0.25) is 0 Å². The van der Waals surface area contributed by atoms with Gasteiger partial charge in [0.15, 0.2) is 6.10 Å². The van der Waals surface area contributed by atoms with Crippen molar-refractivity contribution in [2.45, 2.75) is 213 Å². The van der Waals surface area contributed by atoms with E-state index in [4.69, 9.17) is 14.2 Å². The second kappa shape index (κ2) is 53.2. The zero-order chi connectivity index (χ0) is 47.9. The molecule has 0 amide bonds. The topological polar surface area (TPSA) is 78.9 Å². The van der Waals surface area contributed by atoms with Gasteiger partial charge in [-0.25, -0.2) is 0 Å². The Balaban J connectivity index is 4.51. The molecule has 0 saturated carbocycles. The first-order valence-corrected chi connectivity index (χ1v) is 26.2. The summed E-state index contributed by atoms with van der Waals surface area (Å²) in [6.07, 6.45) is 74.3. The van der Waals surface area contributed by atoms with Crippen LogP contribution < -0.4 is 0 Å². The Labute approximate surface area is 405 Å². The smallest absolute Gasteiger partial charge is 0.306 e. The van der Waals surface area contributed by atoms with Crippen molar-refractivity contribution in [1.29, 1.82) is 0 Å². The van der Waals surface area contributed by atoms with Crippen LogP contribution in [0.5, 0.6) is 0 Å². The third-order valence-corrected chi connectivity index (χ3v) is 10.4. The Morgan fingerprint density at radius 2 is 0.621 bits per heavy atom. The predicted molar refractivity (Wildman–Crippen MR) is 283 cm³/mol. The molecule has 6 heteroatoms. The lowest BCUT2D eigenvalue weighted by atomic mass is 10.1. The van der Waals surface area contributed by atoms with E-state index in [1.165, 1.54) is 12.8 Å². The number of unbranched alkanes of at least 4 members (excludes halogenated alkanes) is 14. The second-order valence-corrected chi connectivity index (χ2v) is 16.7. The third-order valence-electron chi connectivity index (χ3n) is 10.4. The van der Waals surface area contributed by atoms with E-state index >= 15 is 0 Å². The van der Waals surface area contributed by atoms with Gasteiger partial charge in [-0.3, -0.25) is 14.4 Å². The van der Waals surface area contributed by atoms with Crippen molar-refractivity contribution < 1.29 is 28.6 Å². The molecule has 0 aliphatic carbocycles. The minimum atomic E-state index is -0.814. The summed E-state index contributed by atoms with van der Waals surface area (Å²) in [5.41, 5.74) is 0. The highest BCUT2D eigenvalue weighted by molar-refractivity contribution is 5.71. The lowest BCUT2D eigenvalue weighted by molar-refractivity contribution is -0.167. The molecule has 6 nitrogen and oxygen atoms in total. The van der Waals surface area contributed by atoms with E-state index in [1.54, 1.807) is 0 Å². The van der Waals surface area contributed by atoms with Gasteiger partial charge in [-0.05, 0) is 116 Å². The highest BCUT2D eigenvalue weighted by atomic mass is 16.6. The number of allylic oxidation sites excluding steroid dienone is 22. The van der Waals surface area contributed by atoms with Gasteiger partial charge in [-0.15, -0.1) is 0 Å². The molecule has 66 heavy (non-hydrogen) atoms. The van der Waals surface area contributed by atoms with Crippen LogP contribution in [0, 0.1) is 0 Å². The van der Waals surface area contributed by atoms with Crippen molar-refractivity contribution >= 4 is 17.9 Å². The largest absolute Gasteiger partial charge is 0.462 e. The Kier molecular flexibility index (Phi) is 49.6. The van der Waals surface area contributed by atoms with E-state index < -0.39 is 6.10 Å². The normalized spacial score (nSPS) is 13.2. The summed E-state index contributed by atoms with van der Waals surface area (Å²) in [4.78, 5) is 38.0. The van der Waals surface area contributed by atoms with Crippen LogP contribution in [0.25, 0.3) is 0 Å². The molecule has 0 aromatic rings. The first-order valence-electron chi connectivity index (χ1n) is 26.2. The lowest BCUT2D eigenvalue weighted by Gasteiger charge is -2.18. The minimum Gasteiger partial charge on any atom is -0.462 e. The number of carbonyl (C=O) groups excluding carboxylic acids is 3. The van der Waals surface area contributed by atoms with Crippen molar-refractivity contribution in [1.82, 2.24) is 0 Å². The monoisotopic (exact) mass is 911 g/mol. The van der Waals surface area contributed by atoms with Crippen molar-refractivity contribution in [3.63, 3.8) is 0 Å². The van der Waals surface area contributed by atoms with E-state index in [2.05, 4.69) is 154 Å². The Bertz CT molecular complexity index is 1460. The molecule has 0 aromatic heterocycles. The molecule has 0 aliphatic heterocycles. The molecule has 0 spiro atoms. The molecule has 1 unspecified atom stereocenters. The van der Waals surface area contributed by atoms with Crippen LogP contribution in [0.1, 0.15) is 207 Å². The summed E-state index contributed by atoms with van der Waals surface area (Å²) in [6.45, 7) is 6.20. The molecule has 0 saturated heterocycles. The van der Waals surface area contributed by atoms with Gasteiger partial charge in [-0.1, -0.05) is 206 Å². The maximum atomic E-state index is 12.8. The number of ether oxygens (including phenoxy) is 3. The van der Waals surface area contributed by atoms with Crippen LogP contribution in [0.2, 0.25) is 0 Å². The molecule has 0 heterocycles. The van der Waals surface area contributed by atoms with Gasteiger partial charge < -0.3 is 14.2 Å². The van der Waals surface area contributed by atoms with E-state index in [0.29, 0.717) is 19.3 Å². The van der Waals surface area contributed by atoms with Crippen molar-refractivity contribution in [2.75, 3.05) is 13.2 Å². The van der Waals surface area contributed by atoms with E-state index in [0.717, 1.165) is 148 Å². The number of hydrogen-bond donors (Lipinski definition) is 0. The maximum absolute atomic E-state index is 12.8. The molecular weight excluding hydrogens is 817 g/mol. The van der Waals surface area contributed by atoms with Gasteiger partial charge in [0.05, 0.1) is 0 Å². The van der Waals surface area contributed by atoms with Crippen molar-refractivity contribution in [2.24, 2.45) is 0 Å². The van der Waals surface area contributed by atoms with Crippen LogP contribution in [-0.4, -0.2) is 37.2 Å². The van der Waals surface area contributed by atoms with Gasteiger partial charge in [0.25, 0.3) is 0 Å². The van der Waals surface area contributed by atoms with Crippen LogP contribution in [0.4, 0.5) is 0 Å². The fraction of sp³-hybridized carbons (Fsp3) is 0.583. The number of rotatable bonds is 45. The number of esters is 3. The molecule has 0 rings (SSSR count). The van der Waals surface area contributed by atoms with Crippen LogP contribution >= 0.6 is 0 Å². The van der Waals surface area contributed by atoms with Gasteiger partial charge in [0.1, 0.15) is 13.2 Å². The van der Waals surface area contributed by atoms with Gasteiger partial charge >= 0.3 is 17.9 Å². The third kappa shape index (κ3) is 50.5. The zero-order valence-corrected chi connectivity index (χ0v) is 42.1. The van der Waals surface area contributed by atoms with Gasteiger partial charge in [0, 0.05) is 19.3 Å². The summed E-state index contributed by atoms with van der Waals surface area (Å²) in [7, 11) is 0. The number of hydrogen-bond acceptors (Lipinski definition) is 6. The average molecular weight is 911 g/mol. The molecule has 0 fully saturated rings. The molecule has 0 bridgehead atoms. The number of carbonyl (C=O) groups is 3. The summed E-state index contributed by atoms with van der Waals surface area (Å²) < 4.78 is 16.8. The summed E-state index contributed by atoms with van der Waals surface area (Å²) >= 11 is 0. The lowest BCUT2D eigenvalue weighted by Crippen LogP contribution is -2.30. The SMILES string of the molecule is CC\C=C/C=C\C=C/CCCCCCCC(=O)OCC(COC(=O)CCCCCCCC/C=C\C/C=C\C/C=C\C/C=C\CC)OC(=O)CCCCC/C=C\C/C=C\C/C=C\C/C=C\CC. The van der Waals surface area contributed by atoms with Gasteiger partial charge in [-0.2, -0.15) is 0 Å². The highest BCUT2D eigenvalue weighted by Crippen LogP contribution is 2.13. The summed E-state index contributed by atoms with van der Waals surface area (Å²) in [5.74, 6) is -0.985. The van der Waals surface area contributed by atoms with E-state index in [9.17, 15) is 14.4 Å². The Hall–Kier alpha value is -4.45. The highest BCUT2D eigenvalue weighted by Gasteiger charge is 2.19. The summed E-state index contributed by atoms with van der Waals surface area (Å²) in [6, 6.07) is 0. The molecule has 370 valence electrons. The first-order chi connectivity index (χ1) is 32.5. The van der Waals surface area contributed by atoms with Crippen LogP contribution in [0.15, 0.2) is 134 Å². The molecule has 0 N–H and O–H groups in total. The average Bonchev–Trinajstić information content (AvgIpc) is 3.31. The quantitative estimate of drug-likeness (QED) is 0.0199. The molecule has 0 aromatic carbocycles. The predicted octanol–water partition coefficient (Wildman–Crippen LogP) is 17.5. The molecule has 0 radical (unpaired) electrons. The van der Waals surface area contributed by atoms with Crippen LogP contribution in [0.3, 0.4) is 0 Å². The van der Waals surface area contributed by atoms with Crippen molar-refractivity contribution in [3.8, 4) is 0 Å². The fourth-order valence-corrected chi connectivity index (χ4v) is 6.60. The Morgan fingerprint density at radius 3 is 1.03 bits per heavy atom. The van der Waals surface area contributed by atoms with Crippen LogP contribution in [-0.2, 0) is 28.6 Å². The van der Waals surface area contributed by atoms with E-state index in [1.807, 2.05) is 0 Å². The summed E-state index contributed by atoms with van der Waals surface area (Å²) in [5, 5.41) is 0. The minimum absolute atomic E-state index is 0.110. The maximum Gasteiger partial charge on any atom is 0.306 e. The van der Waals surface area contributed by atoms with E-state index in [-0.39, 0.29) is 37.5 Å².